The van der Waals surface area contributed by atoms with Crippen molar-refractivity contribution in [2.75, 3.05) is 26.0 Å². The molecule has 0 aliphatic rings. The highest BCUT2D eigenvalue weighted by atomic mass is 35.5. The maximum Gasteiger partial charge on any atom is 0.138 e. The van der Waals surface area contributed by atoms with Crippen LogP contribution in [0.15, 0.2) is 24.5 Å². The first-order chi connectivity index (χ1) is 11.9. The molecule has 2 heterocycles. The molecule has 25 heavy (non-hydrogen) atoms. The van der Waals surface area contributed by atoms with Crippen molar-refractivity contribution in [2.24, 2.45) is 0 Å². The smallest absolute Gasteiger partial charge is 0.138 e. The van der Waals surface area contributed by atoms with E-state index in [0.29, 0.717) is 17.1 Å². The number of rotatable bonds is 5. The zero-order chi connectivity index (χ0) is 18.1. The van der Waals surface area contributed by atoms with E-state index in [1.54, 1.807) is 29.8 Å². The SMILES string of the molecule is Cc1sc2ncnc(NC[C@@H](c3c(F)cccc3Cl)N(C)C)c2c1C. The third-order valence-electron chi connectivity index (χ3n) is 4.38. The van der Waals surface area contributed by atoms with Crippen LogP contribution in [0.2, 0.25) is 5.02 Å². The van der Waals surface area contributed by atoms with Gasteiger partial charge in [-0.3, -0.25) is 0 Å². The van der Waals surface area contributed by atoms with E-state index in [2.05, 4.69) is 29.1 Å². The van der Waals surface area contributed by atoms with Crippen molar-refractivity contribution in [3.05, 3.63) is 51.4 Å². The van der Waals surface area contributed by atoms with Gasteiger partial charge in [0.1, 0.15) is 22.8 Å². The second-order valence-corrected chi connectivity index (χ2v) is 7.79. The molecule has 0 fully saturated rings. The van der Waals surface area contributed by atoms with Gasteiger partial charge in [-0.15, -0.1) is 11.3 Å². The molecule has 0 amide bonds. The van der Waals surface area contributed by atoms with Crippen molar-refractivity contribution in [3.63, 3.8) is 0 Å². The van der Waals surface area contributed by atoms with Gasteiger partial charge in [0.2, 0.25) is 0 Å². The van der Waals surface area contributed by atoms with Gasteiger partial charge in [-0.25, -0.2) is 14.4 Å². The van der Waals surface area contributed by atoms with Gasteiger partial charge in [0.25, 0.3) is 0 Å². The number of fused-ring (bicyclic) bond motifs is 1. The third-order valence-corrected chi connectivity index (χ3v) is 5.83. The maximum atomic E-state index is 14.3. The Labute approximate surface area is 155 Å². The van der Waals surface area contributed by atoms with Crippen LogP contribution in [0.5, 0.6) is 0 Å². The number of aromatic nitrogens is 2. The predicted molar refractivity (Wildman–Crippen MR) is 103 cm³/mol. The van der Waals surface area contributed by atoms with Crippen molar-refractivity contribution >= 4 is 39.0 Å². The summed E-state index contributed by atoms with van der Waals surface area (Å²) in [6, 6.07) is 4.55. The van der Waals surface area contributed by atoms with Gasteiger partial charge in [-0.2, -0.15) is 0 Å². The minimum Gasteiger partial charge on any atom is -0.367 e. The summed E-state index contributed by atoms with van der Waals surface area (Å²) in [5, 5.41) is 4.82. The lowest BCUT2D eigenvalue weighted by atomic mass is 10.0. The molecule has 1 N–H and O–H groups in total. The predicted octanol–water partition coefficient (Wildman–Crippen LogP) is 4.82. The van der Waals surface area contributed by atoms with Crippen LogP contribution in [0.4, 0.5) is 10.2 Å². The fourth-order valence-electron chi connectivity index (χ4n) is 2.88. The van der Waals surface area contributed by atoms with Crippen LogP contribution in [-0.4, -0.2) is 35.5 Å². The number of likely N-dealkylation sites (N-methyl/N-ethyl adjacent to an activating group) is 1. The van der Waals surface area contributed by atoms with E-state index in [9.17, 15) is 4.39 Å². The monoisotopic (exact) mass is 378 g/mol. The Bertz CT molecular complexity index is 889. The molecule has 0 saturated carbocycles. The average molecular weight is 379 g/mol. The topological polar surface area (TPSA) is 41.1 Å². The highest BCUT2D eigenvalue weighted by Gasteiger charge is 2.22. The Morgan fingerprint density at radius 1 is 1.28 bits per heavy atom. The fourth-order valence-corrected chi connectivity index (χ4v) is 4.17. The van der Waals surface area contributed by atoms with Crippen molar-refractivity contribution < 1.29 is 4.39 Å². The molecule has 1 aromatic carbocycles. The zero-order valence-corrected chi connectivity index (χ0v) is 16.2. The van der Waals surface area contributed by atoms with E-state index in [-0.39, 0.29) is 11.9 Å². The molecule has 0 aliphatic carbocycles. The average Bonchev–Trinajstić information content (AvgIpc) is 2.85. The third kappa shape index (κ3) is 3.47. The molecule has 1 atom stereocenters. The van der Waals surface area contributed by atoms with Crippen LogP contribution in [-0.2, 0) is 0 Å². The van der Waals surface area contributed by atoms with Gasteiger partial charge >= 0.3 is 0 Å². The molecule has 0 saturated heterocycles. The maximum absolute atomic E-state index is 14.3. The first-order valence-corrected chi connectivity index (χ1v) is 9.14. The normalized spacial score (nSPS) is 12.8. The Hall–Kier alpha value is -1.76. The Morgan fingerprint density at radius 3 is 2.72 bits per heavy atom. The first kappa shape index (κ1) is 18.0. The minimum atomic E-state index is -0.302. The number of nitrogens with zero attached hydrogens (tertiary/aromatic N) is 3. The van der Waals surface area contributed by atoms with E-state index in [1.165, 1.54) is 16.5 Å². The fraction of sp³-hybridized carbons (Fsp3) is 0.333. The minimum absolute atomic E-state index is 0.223. The number of thiophene rings is 1. The van der Waals surface area contributed by atoms with Gasteiger partial charge in [-0.05, 0) is 45.6 Å². The standard InChI is InChI=1S/C18H20ClFN4S/c1-10-11(2)25-18-15(10)17(22-9-23-18)21-8-14(24(3)4)16-12(19)6-5-7-13(16)20/h5-7,9,14H,8H2,1-4H3,(H,21,22,23)/t14-/m0/s1. The molecule has 0 aliphatic heterocycles. The number of anilines is 1. The molecule has 2 aromatic heterocycles. The molecular formula is C18H20ClFN4S. The van der Waals surface area contributed by atoms with E-state index in [1.807, 2.05) is 19.0 Å². The quantitative estimate of drug-likeness (QED) is 0.691. The summed E-state index contributed by atoms with van der Waals surface area (Å²) in [4.78, 5) is 12.9. The van der Waals surface area contributed by atoms with Gasteiger partial charge < -0.3 is 10.2 Å². The summed E-state index contributed by atoms with van der Waals surface area (Å²) < 4.78 is 14.3. The van der Waals surface area contributed by atoms with Crippen LogP contribution in [0.1, 0.15) is 22.0 Å². The second kappa shape index (κ2) is 7.23. The number of hydrogen-bond donors (Lipinski definition) is 1. The second-order valence-electron chi connectivity index (χ2n) is 6.18. The van der Waals surface area contributed by atoms with E-state index in [0.717, 1.165) is 16.0 Å². The lowest BCUT2D eigenvalue weighted by Gasteiger charge is -2.26. The highest BCUT2D eigenvalue weighted by molar-refractivity contribution is 7.18. The molecule has 0 spiro atoms. The summed E-state index contributed by atoms with van der Waals surface area (Å²) >= 11 is 7.91. The number of halogens is 2. The van der Waals surface area contributed by atoms with Crippen molar-refractivity contribution in [1.82, 2.24) is 14.9 Å². The summed E-state index contributed by atoms with van der Waals surface area (Å²) in [6.45, 7) is 4.63. The summed E-state index contributed by atoms with van der Waals surface area (Å²) in [5.41, 5.74) is 1.67. The largest absolute Gasteiger partial charge is 0.367 e. The Balaban J connectivity index is 1.93. The Kier molecular flexibility index (Phi) is 5.22. The molecular weight excluding hydrogens is 359 g/mol. The zero-order valence-electron chi connectivity index (χ0n) is 14.6. The van der Waals surface area contributed by atoms with Gasteiger partial charge in [0.15, 0.2) is 0 Å². The van der Waals surface area contributed by atoms with Crippen LogP contribution in [0, 0.1) is 19.7 Å². The van der Waals surface area contributed by atoms with Gasteiger partial charge in [-0.1, -0.05) is 17.7 Å². The number of aryl methyl sites for hydroxylation is 2. The lowest BCUT2D eigenvalue weighted by molar-refractivity contribution is 0.304. The first-order valence-electron chi connectivity index (χ1n) is 7.95. The van der Waals surface area contributed by atoms with Crippen LogP contribution < -0.4 is 5.32 Å². The van der Waals surface area contributed by atoms with E-state index < -0.39 is 0 Å². The van der Waals surface area contributed by atoms with Crippen LogP contribution in [0.25, 0.3) is 10.2 Å². The number of nitrogens with one attached hydrogen (secondary N) is 1. The highest BCUT2D eigenvalue weighted by Crippen LogP contribution is 2.34. The van der Waals surface area contributed by atoms with Crippen molar-refractivity contribution in [3.8, 4) is 0 Å². The van der Waals surface area contributed by atoms with Crippen molar-refractivity contribution in [1.29, 1.82) is 0 Å². The van der Waals surface area contributed by atoms with Crippen molar-refractivity contribution in [2.45, 2.75) is 19.9 Å². The molecule has 7 heteroatoms. The van der Waals surface area contributed by atoms with Crippen LogP contribution >= 0.6 is 22.9 Å². The summed E-state index contributed by atoms with van der Waals surface area (Å²) in [6.07, 6.45) is 1.56. The molecule has 0 bridgehead atoms. The summed E-state index contributed by atoms with van der Waals surface area (Å²) in [5.74, 6) is 0.467. The Morgan fingerprint density at radius 2 is 2.04 bits per heavy atom. The van der Waals surface area contributed by atoms with E-state index >= 15 is 0 Å². The molecule has 0 radical (unpaired) electrons. The molecule has 4 nitrogen and oxygen atoms in total. The molecule has 3 rings (SSSR count). The summed E-state index contributed by atoms with van der Waals surface area (Å²) in [7, 11) is 3.81. The molecule has 3 aromatic rings. The number of hydrogen-bond acceptors (Lipinski definition) is 5. The lowest BCUT2D eigenvalue weighted by Crippen LogP contribution is -2.28. The van der Waals surface area contributed by atoms with Crippen LogP contribution in [0.3, 0.4) is 0 Å². The van der Waals surface area contributed by atoms with E-state index in [4.69, 9.17) is 11.6 Å². The molecule has 0 unspecified atom stereocenters. The van der Waals surface area contributed by atoms with Gasteiger partial charge in [0, 0.05) is 22.0 Å². The molecule has 132 valence electrons. The van der Waals surface area contributed by atoms with Gasteiger partial charge in [0.05, 0.1) is 11.4 Å². The number of benzene rings is 1.